The van der Waals surface area contributed by atoms with E-state index in [0.717, 1.165) is 36.9 Å². The SMILES string of the molecule is CSc1nc(NCCCC[NH3+])c2sc3c(c2n1)CCCC3. The van der Waals surface area contributed by atoms with Crippen LogP contribution in [0.3, 0.4) is 0 Å². The summed E-state index contributed by atoms with van der Waals surface area (Å²) in [6.45, 7) is 1.97. The van der Waals surface area contributed by atoms with E-state index in [1.807, 2.05) is 17.6 Å². The number of fused-ring (bicyclic) bond motifs is 3. The van der Waals surface area contributed by atoms with Crippen molar-refractivity contribution in [2.75, 3.05) is 24.7 Å². The lowest BCUT2D eigenvalue weighted by Gasteiger charge is -2.10. The minimum Gasteiger partial charge on any atom is -0.369 e. The van der Waals surface area contributed by atoms with Crippen LogP contribution >= 0.6 is 23.1 Å². The van der Waals surface area contributed by atoms with Gasteiger partial charge in [-0.2, -0.15) is 0 Å². The molecule has 0 radical (unpaired) electrons. The average Bonchev–Trinajstić information content (AvgIpc) is 2.90. The third-order valence-corrected chi connectivity index (χ3v) is 5.76. The summed E-state index contributed by atoms with van der Waals surface area (Å²) in [5, 5.41) is 4.41. The summed E-state index contributed by atoms with van der Waals surface area (Å²) in [6.07, 6.45) is 9.37. The number of rotatable bonds is 6. The molecule has 0 amide bonds. The molecule has 0 saturated carbocycles. The molecule has 1 aliphatic carbocycles. The standard InChI is InChI=1S/C15H22N4S2/c1-20-15-18-12-10-6-2-3-7-11(10)21-13(12)14(19-15)17-9-5-4-8-16/h2-9,16H2,1H3,(H,17,18,19)/p+1. The number of nitrogens with one attached hydrogen (secondary N) is 1. The Balaban J connectivity index is 1.95. The Morgan fingerprint density at radius 3 is 2.90 bits per heavy atom. The Morgan fingerprint density at radius 1 is 1.24 bits per heavy atom. The Labute approximate surface area is 133 Å². The van der Waals surface area contributed by atoms with Crippen LogP contribution in [0.15, 0.2) is 5.16 Å². The van der Waals surface area contributed by atoms with Crippen molar-refractivity contribution in [2.24, 2.45) is 0 Å². The normalized spacial score (nSPS) is 14.4. The van der Waals surface area contributed by atoms with E-state index < -0.39 is 0 Å². The predicted octanol–water partition coefficient (Wildman–Crippen LogP) is 2.73. The van der Waals surface area contributed by atoms with Crippen molar-refractivity contribution in [1.29, 1.82) is 0 Å². The second-order valence-electron chi connectivity index (χ2n) is 5.43. The zero-order valence-corrected chi connectivity index (χ0v) is 14.2. The van der Waals surface area contributed by atoms with Crippen LogP contribution in [0.4, 0.5) is 5.82 Å². The Kier molecular flexibility index (Phi) is 4.98. The van der Waals surface area contributed by atoms with Gasteiger partial charge in [0.1, 0.15) is 5.82 Å². The lowest BCUT2D eigenvalue weighted by atomic mass is 9.98. The molecule has 0 atom stereocenters. The third-order valence-electron chi connectivity index (χ3n) is 3.93. The number of thiophene rings is 1. The fourth-order valence-corrected chi connectivity index (χ4v) is 4.47. The number of aromatic nitrogens is 2. The van der Waals surface area contributed by atoms with Crippen molar-refractivity contribution in [2.45, 2.75) is 43.7 Å². The van der Waals surface area contributed by atoms with Gasteiger partial charge in [0.05, 0.1) is 16.8 Å². The van der Waals surface area contributed by atoms with Crippen molar-refractivity contribution in [3.05, 3.63) is 10.4 Å². The van der Waals surface area contributed by atoms with E-state index in [4.69, 9.17) is 9.97 Å². The van der Waals surface area contributed by atoms with Crippen LogP contribution in [0.25, 0.3) is 10.2 Å². The number of hydrogen-bond donors (Lipinski definition) is 2. The molecular weight excluding hydrogens is 300 g/mol. The highest BCUT2D eigenvalue weighted by Crippen LogP contribution is 2.39. The molecule has 4 N–H and O–H groups in total. The molecule has 0 aliphatic heterocycles. The van der Waals surface area contributed by atoms with Gasteiger partial charge in [-0.25, -0.2) is 9.97 Å². The van der Waals surface area contributed by atoms with Crippen molar-refractivity contribution in [1.82, 2.24) is 9.97 Å². The summed E-state index contributed by atoms with van der Waals surface area (Å²) in [7, 11) is 0. The number of nitrogens with zero attached hydrogens (tertiary/aromatic N) is 2. The molecule has 0 saturated heterocycles. The van der Waals surface area contributed by atoms with Gasteiger partial charge in [-0.3, -0.25) is 0 Å². The van der Waals surface area contributed by atoms with Gasteiger partial charge in [0.2, 0.25) is 0 Å². The number of aryl methyl sites for hydroxylation is 2. The molecule has 6 heteroatoms. The largest absolute Gasteiger partial charge is 0.369 e. The summed E-state index contributed by atoms with van der Waals surface area (Å²) in [4.78, 5) is 11.0. The van der Waals surface area contributed by atoms with Gasteiger partial charge in [0.15, 0.2) is 5.16 Å². The summed E-state index contributed by atoms with van der Waals surface area (Å²) < 4.78 is 1.26. The smallest absolute Gasteiger partial charge is 0.189 e. The summed E-state index contributed by atoms with van der Waals surface area (Å²) >= 11 is 3.53. The van der Waals surface area contributed by atoms with Gasteiger partial charge in [-0.1, -0.05) is 11.8 Å². The average molecular weight is 324 g/mol. The van der Waals surface area contributed by atoms with E-state index in [2.05, 4.69) is 11.1 Å². The Bertz CT molecular complexity index is 624. The maximum atomic E-state index is 4.78. The first-order chi connectivity index (χ1) is 10.3. The molecular formula is C15H23N4S2+. The van der Waals surface area contributed by atoms with Crippen LogP contribution in [0, 0.1) is 0 Å². The van der Waals surface area contributed by atoms with E-state index >= 15 is 0 Å². The lowest BCUT2D eigenvalue weighted by Crippen LogP contribution is -2.50. The third kappa shape index (κ3) is 3.17. The molecule has 0 unspecified atom stereocenters. The van der Waals surface area contributed by atoms with E-state index in [1.165, 1.54) is 46.3 Å². The highest BCUT2D eigenvalue weighted by Gasteiger charge is 2.20. The quantitative estimate of drug-likeness (QED) is 0.487. The maximum Gasteiger partial charge on any atom is 0.189 e. The molecule has 114 valence electrons. The van der Waals surface area contributed by atoms with Crippen LogP contribution in [0.2, 0.25) is 0 Å². The number of unbranched alkanes of at least 4 members (excludes halogenated alkanes) is 1. The number of anilines is 1. The lowest BCUT2D eigenvalue weighted by molar-refractivity contribution is -0.368. The molecule has 0 spiro atoms. The Hall–Kier alpha value is -0.850. The first kappa shape index (κ1) is 15.1. The maximum absolute atomic E-state index is 4.78. The summed E-state index contributed by atoms with van der Waals surface area (Å²) in [5.41, 5.74) is 6.59. The van der Waals surface area contributed by atoms with Gasteiger partial charge < -0.3 is 11.1 Å². The van der Waals surface area contributed by atoms with Gasteiger partial charge in [0, 0.05) is 11.4 Å². The van der Waals surface area contributed by atoms with E-state index in [9.17, 15) is 0 Å². The molecule has 2 aromatic heterocycles. The molecule has 1 aliphatic rings. The van der Waals surface area contributed by atoms with Crippen LogP contribution in [0.1, 0.15) is 36.1 Å². The van der Waals surface area contributed by atoms with E-state index in [-0.39, 0.29) is 0 Å². The monoisotopic (exact) mass is 323 g/mol. The van der Waals surface area contributed by atoms with E-state index in [1.54, 1.807) is 11.8 Å². The second-order valence-corrected chi connectivity index (χ2v) is 7.31. The molecule has 2 heterocycles. The number of quaternary nitrogens is 1. The highest BCUT2D eigenvalue weighted by molar-refractivity contribution is 7.98. The van der Waals surface area contributed by atoms with Crippen molar-refractivity contribution >= 4 is 39.1 Å². The van der Waals surface area contributed by atoms with Gasteiger partial charge in [-0.05, 0) is 50.3 Å². The Morgan fingerprint density at radius 2 is 2.10 bits per heavy atom. The fraction of sp³-hybridized carbons (Fsp3) is 0.600. The first-order valence-corrected chi connectivity index (χ1v) is 9.77. The van der Waals surface area contributed by atoms with Crippen molar-refractivity contribution < 1.29 is 5.73 Å². The number of hydrogen-bond acceptors (Lipinski definition) is 5. The molecule has 0 aromatic carbocycles. The number of thioether (sulfide) groups is 1. The zero-order chi connectivity index (χ0) is 14.7. The van der Waals surface area contributed by atoms with Crippen molar-refractivity contribution in [3.8, 4) is 0 Å². The van der Waals surface area contributed by atoms with Crippen molar-refractivity contribution in [3.63, 3.8) is 0 Å². The summed E-state index contributed by atoms with van der Waals surface area (Å²) in [6, 6.07) is 0. The molecule has 2 aromatic rings. The van der Waals surface area contributed by atoms with Gasteiger partial charge in [0.25, 0.3) is 0 Å². The highest BCUT2D eigenvalue weighted by atomic mass is 32.2. The minimum atomic E-state index is 0.883. The molecule has 21 heavy (non-hydrogen) atoms. The van der Waals surface area contributed by atoms with Crippen LogP contribution in [-0.4, -0.2) is 29.3 Å². The van der Waals surface area contributed by atoms with Crippen LogP contribution < -0.4 is 11.1 Å². The molecule has 4 nitrogen and oxygen atoms in total. The fourth-order valence-electron chi connectivity index (χ4n) is 2.81. The second kappa shape index (κ2) is 6.94. The predicted molar refractivity (Wildman–Crippen MR) is 91.3 cm³/mol. The molecule has 0 fully saturated rings. The minimum absolute atomic E-state index is 0.883. The van der Waals surface area contributed by atoms with Crippen LogP contribution in [0.5, 0.6) is 0 Å². The topological polar surface area (TPSA) is 65.5 Å². The van der Waals surface area contributed by atoms with Crippen LogP contribution in [-0.2, 0) is 12.8 Å². The molecule has 3 rings (SSSR count). The van der Waals surface area contributed by atoms with Gasteiger partial charge >= 0.3 is 0 Å². The summed E-state index contributed by atoms with van der Waals surface area (Å²) in [5.74, 6) is 1.04. The van der Waals surface area contributed by atoms with Gasteiger partial charge in [-0.15, -0.1) is 11.3 Å². The zero-order valence-electron chi connectivity index (χ0n) is 12.6. The molecule has 0 bridgehead atoms. The van der Waals surface area contributed by atoms with E-state index in [0.29, 0.717) is 0 Å². The first-order valence-electron chi connectivity index (χ1n) is 7.73.